The van der Waals surface area contributed by atoms with Gasteiger partial charge in [0.25, 0.3) is 5.91 Å². The number of anilines is 1. The molecule has 2 N–H and O–H groups in total. The molecule has 9 heteroatoms. The first-order valence-corrected chi connectivity index (χ1v) is 11.2. The summed E-state index contributed by atoms with van der Waals surface area (Å²) in [5, 5.41) is 1.50. The second-order valence-electron chi connectivity index (χ2n) is 7.76. The molecule has 1 amide bonds. The lowest BCUT2D eigenvalue weighted by atomic mass is 9.86. The molecule has 32 heavy (non-hydrogen) atoms. The van der Waals surface area contributed by atoms with Crippen molar-refractivity contribution in [3.63, 3.8) is 0 Å². The zero-order valence-corrected chi connectivity index (χ0v) is 19.5. The van der Waals surface area contributed by atoms with Gasteiger partial charge in [-0.25, -0.2) is 9.97 Å². The molecular weight excluding hydrogens is 471 g/mol. The summed E-state index contributed by atoms with van der Waals surface area (Å²) in [6, 6.07) is 12.3. The van der Waals surface area contributed by atoms with Gasteiger partial charge < -0.3 is 15.4 Å². The summed E-state index contributed by atoms with van der Waals surface area (Å²) in [6.07, 6.45) is 2.81. The molecule has 0 saturated carbocycles. The third kappa shape index (κ3) is 4.93. The minimum Gasteiger partial charge on any atom is -0.474 e. The van der Waals surface area contributed by atoms with E-state index in [1.165, 1.54) is 6.20 Å². The van der Waals surface area contributed by atoms with Gasteiger partial charge in [0, 0.05) is 43.4 Å². The van der Waals surface area contributed by atoms with E-state index in [1.807, 2.05) is 19.1 Å². The number of pyridine rings is 2. The Morgan fingerprint density at radius 1 is 1.06 bits per heavy atom. The molecule has 3 aromatic rings. The van der Waals surface area contributed by atoms with Crippen molar-refractivity contribution in [3.8, 4) is 5.88 Å². The number of hydrogen-bond acceptors (Lipinski definition) is 5. The number of halogens is 3. The van der Waals surface area contributed by atoms with Crippen LogP contribution in [0.2, 0.25) is 15.1 Å². The molecule has 0 unspecified atom stereocenters. The van der Waals surface area contributed by atoms with Gasteiger partial charge in [0.2, 0.25) is 5.88 Å². The van der Waals surface area contributed by atoms with E-state index in [9.17, 15) is 4.79 Å². The number of carbonyl (C=O) groups excluding carboxylic acids is 1. The predicted octanol–water partition coefficient (Wildman–Crippen LogP) is 5.34. The Morgan fingerprint density at radius 3 is 2.53 bits per heavy atom. The monoisotopic (exact) mass is 490 g/mol. The zero-order valence-electron chi connectivity index (χ0n) is 17.2. The van der Waals surface area contributed by atoms with Gasteiger partial charge in [0.15, 0.2) is 0 Å². The molecule has 0 aliphatic carbocycles. The van der Waals surface area contributed by atoms with Crippen LogP contribution in [0.1, 0.15) is 28.8 Å². The van der Waals surface area contributed by atoms with Crippen LogP contribution in [0.4, 0.5) is 5.82 Å². The molecule has 166 valence electrons. The molecule has 1 saturated heterocycles. The molecule has 0 spiro atoms. The number of nitrogens with two attached hydrogens (primary N) is 1. The fourth-order valence-corrected chi connectivity index (χ4v) is 4.41. The van der Waals surface area contributed by atoms with Crippen LogP contribution >= 0.6 is 34.8 Å². The summed E-state index contributed by atoms with van der Waals surface area (Å²) in [5.41, 5.74) is 7.14. The van der Waals surface area contributed by atoms with Crippen molar-refractivity contribution in [2.24, 2.45) is 5.92 Å². The van der Waals surface area contributed by atoms with Crippen molar-refractivity contribution in [1.29, 1.82) is 0 Å². The van der Waals surface area contributed by atoms with Crippen LogP contribution in [0.3, 0.4) is 0 Å². The number of carbonyl (C=O) groups is 1. The zero-order chi connectivity index (χ0) is 22.8. The van der Waals surface area contributed by atoms with Crippen molar-refractivity contribution in [3.05, 3.63) is 81.1 Å². The van der Waals surface area contributed by atoms with Crippen LogP contribution in [-0.4, -0.2) is 40.0 Å². The fraction of sp³-hybridized carbons (Fsp3) is 0.261. The summed E-state index contributed by atoms with van der Waals surface area (Å²) in [6.45, 7) is 2.99. The van der Waals surface area contributed by atoms with E-state index in [2.05, 4.69) is 9.97 Å². The molecule has 1 fully saturated rings. The average molecular weight is 492 g/mol. The highest BCUT2D eigenvalue weighted by atomic mass is 35.5. The Morgan fingerprint density at radius 2 is 1.88 bits per heavy atom. The van der Waals surface area contributed by atoms with Gasteiger partial charge in [-0.3, -0.25) is 4.79 Å². The average Bonchev–Trinajstić information content (AvgIpc) is 3.23. The highest BCUT2D eigenvalue weighted by molar-refractivity contribution is 6.42. The van der Waals surface area contributed by atoms with E-state index in [0.29, 0.717) is 45.4 Å². The highest BCUT2D eigenvalue weighted by Crippen LogP contribution is 2.38. The van der Waals surface area contributed by atoms with Gasteiger partial charge in [-0.05, 0) is 42.8 Å². The Balaban J connectivity index is 1.61. The number of aromatic nitrogens is 2. The van der Waals surface area contributed by atoms with Gasteiger partial charge in [-0.2, -0.15) is 0 Å². The number of hydrogen-bond donors (Lipinski definition) is 1. The maximum absolute atomic E-state index is 13.2. The molecule has 1 aliphatic rings. The first kappa shape index (κ1) is 22.6. The normalized spacial score (nSPS) is 19.1. The Bertz CT molecular complexity index is 1110. The quantitative estimate of drug-likeness (QED) is 0.521. The molecule has 0 radical (unpaired) electrons. The minimum atomic E-state index is -0.231. The van der Waals surface area contributed by atoms with Crippen LogP contribution in [-0.2, 0) is 0 Å². The summed E-state index contributed by atoms with van der Waals surface area (Å²) in [5.74, 6) is 0.726. The van der Waals surface area contributed by atoms with Crippen LogP contribution in [0, 0.1) is 5.92 Å². The first-order chi connectivity index (χ1) is 15.3. The van der Waals surface area contributed by atoms with Crippen molar-refractivity contribution in [2.75, 3.05) is 18.8 Å². The van der Waals surface area contributed by atoms with Gasteiger partial charge in [0.1, 0.15) is 11.9 Å². The van der Waals surface area contributed by atoms with Crippen molar-refractivity contribution < 1.29 is 9.53 Å². The Labute approximate surface area is 201 Å². The standard InChI is InChI=1S/C23H21Cl3N4O2/c1-13(32-22-7-4-16(24)10-29-22)17-11-30(23(31)15-3-6-21(27)28-9-15)12-18(17)14-2-5-19(25)20(26)8-14/h2-10,13,17-18H,11-12H2,1H3,(H2,27,28)/t13-,17-,18+/m0/s1. The van der Waals surface area contributed by atoms with E-state index in [1.54, 1.807) is 41.4 Å². The molecule has 3 heterocycles. The number of rotatable bonds is 5. The number of amides is 1. The van der Waals surface area contributed by atoms with Gasteiger partial charge in [-0.15, -0.1) is 0 Å². The lowest BCUT2D eigenvalue weighted by Gasteiger charge is -2.25. The van der Waals surface area contributed by atoms with Crippen LogP contribution in [0.15, 0.2) is 54.9 Å². The maximum Gasteiger partial charge on any atom is 0.255 e. The molecule has 3 atom stereocenters. The summed E-state index contributed by atoms with van der Waals surface area (Å²) in [4.78, 5) is 23.2. The lowest BCUT2D eigenvalue weighted by Crippen LogP contribution is -2.32. The van der Waals surface area contributed by atoms with Gasteiger partial charge in [0.05, 0.1) is 20.6 Å². The number of nitrogen functional groups attached to an aromatic ring is 1. The summed E-state index contributed by atoms with van der Waals surface area (Å²) in [7, 11) is 0. The Kier molecular flexibility index (Phi) is 6.74. The first-order valence-electron chi connectivity index (χ1n) is 10.1. The highest BCUT2D eigenvalue weighted by Gasteiger charge is 2.40. The van der Waals surface area contributed by atoms with Gasteiger partial charge in [-0.1, -0.05) is 40.9 Å². The third-order valence-corrected chi connectivity index (χ3v) is 6.63. The molecule has 6 nitrogen and oxygen atoms in total. The van der Waals surface area contributed by atoms with Crippen LogP contribution in [0.5, 0.6) is 5.88 Å². The molecule has 4 rings (SSSR count). The van der Waals surface area contributed by atoms with E-state index >= 15 is 0 Å². The summed E-state index contributed by atoms with van der Waals surface area (Å²) >= 11 is 18.3. The predicted molar refractivity (Wildman–Crippen MR) is 127 cm³/mol. The van der Waals surface area contributed by atoms with Crippen LogP contribution in [0.25, 0.3) is 0 Å². The molecular formula is C23H21Cl3N4O2. The fourth-order valence-electron chi connectivity index (χ4n) is 3.99. The molecule has 1 aromatic carbocycles. The van der Waals surface area contributed by atoms with E-state index in [0.717, 1.165) is 5.56 Å². The van der Waals surface area contributed by atoms with E-state index < -0.39 is 0 Å². The molecule has 0 bridgehead atoms. The number of ether oxygens (including phenoxy) is 1. The minimum absolute atomic E-state index is 0.00208. The maximum atomic E-state index is 13.2. The van der Waals surface area contributed by atoms with E-state index in [4.69, 9.17) is 45.3 Å². The second-order valence-corrected chi connectivity index (χ2v) is 9.01. The summed E-state index contributed by atoms with van der Waals surface area (Å²) < 4.78 is 6.11. The lowest BCUT2D eigenvalue weighted by molar-refractivity contribution is 0.0769. The number of nitrogens with zero attached hydrogens (tertiary/aromatic N) is 3. The third-order valence-electron chi connectivity index (χ3n) is 5.67. The molecule has 1 aliphatic heterocycles. The second kappa shape index (κ2) is 9.53. The van der Waals surface area contributed by atoms with Gasteiger partial charge >= 0.3 is 0 Å². The van der Waals surface area contributed by atoms with Crippen molar-refractivity contribution in [1.82, 2.24) is 14.9 Å². The van der Waals surface area contributed by atoms with E-state index in [-0.39, 0.29) is 23.8 Å². The number of likely N-dealkylation sites (tertiary alicyclic amines) is 1. The topological polar surface area (TPSA) is 81.3 Å². The van der Waals surface area contributed by atoms with Crippen molar-refractivity contribution >= 4 is 46.5 Å². The largest absolute Gasteiger partial charge is 0.474 e. The van der Waals surface area contributed by atoms with Crippen molar-refractivity contribution in [2.45, 2.75) is 18.9 Å². The smallest absolute Gasteiger partial charge is 0.255 e. The SMILES string of the molecule is C[C@H](Oc1ccc(Cl)cn1)[C@@H]1CN(C(=O)c2ccc(N)nc2)C[C@@H]1c1ccc(Cl)c(Cl)c1. The van der Waals surface area contributed by atoms with Crippen LogP contribution < -0.4 is 10.5 Å². The molecule has 2 aromatic heterocycles. The Hall–Kier alpha value is -2.54. The number of benzene rings is 1.